The van der Waals surface area contributed by atoms with Gasteiger partial charge >= 0.3 is 0 Å². The first kappa shape index (κ1) is 20.9. The number of hydrogen-bond donors (Lipinski definition) is 3. The molecule has 2 amide bonds. The zero-order valence-electron chi connectivity index (χ0n) is 16.9. The highest BCUT2D eigenvalue weighted by molar-refractivity contribution is 6.14. The highest BCUT2D eigenvalue weighted by atomic mass is 16.2. The summed E-state index contributed by atoms with van der Waals surface area (Å²) in [5.41, 5.74) is 0.700. The summed E-state index contributed by atoms with van der Waals surface area (Å²) >= 11 is 0. The number of carbonyl (C=O) groups excluding carboxylic acids is 2. The van der Waals surface area contributed by atoms with Crippen molar-refractivity contribution in [2.45, 2.75) is 26.7 Å². The van der Waals surface area contributed by atoms with Crippen LogP contribution in [-0.4, -0.2) is 40.6 Å². The van der Waals surface area contributed by atoms with Gasteiger partial charge in [-0.25, -0.2) is 9.97 Å². The molecule has 0 aromatic carbocycles. The molecule has 30 heavy (non-hydrogen) atoms. The van der Waals surface area contributed by atoms with Crippen LogP contribution in [0.3, 0.4) is 0 Å². The van der Waals surface area contributed by atoms with Crippen molar-refractivity contribution >= 4 is 34.8 Å². The zero-order chi connectivity index (χ0) is 21.7. The number of pyridine rings is 2. The second-order valence-electron chi connectivity index (χ2n) is 7.28. The molecule has 2 aromatic rings. The maximum absolute atomic E-state index is 12.8. The molecule has 3 N–H and O–H groups in total. The fraction of sp³-hybridized carbons (Fsp3) is 0.333. The number of carbonyl (C=O) groups is 2. The van der Waals surface area contributed by atoms with Gasteiger partial charge in [0, 0.05) is 42.9 Å². The molecular weight excluding hydrogens is 382 g/mol. The molecule has 1 atom stereocenters. The molecule has 1 aliphatic rings. The van der Waals surface area contributed by atoms with E-state index < -0.39 is 5.41 Å². The summed E-state index contributed by atoms with van der Waals surface area (Å²) in [5, 5.41) is 22.2. The molecule has 0 aliphatic carbocycles. The maximum Gasteiger partial charge on any atom is 0.252 e. The van der Waals surface area contributed by atoms with Crippen LogP contribution in [0, 0.1) is 22.2 Å². The minimum absolute atomic E-state index is 0.0861. The van der Waals surface area contributed by atoms with Gasteiger partial charge in [-0.3, -0.25) is 9.59 Å². The Morgan fingerprint density at radius 2 is 2.13 bits per heavy atom. The van der Waals surface area contributed by atoms with E-state index in [1.165, 1.54) is 6.20 Å². The molecular formula is C21H23N7O2. The van der Waals surface area contributed by atoms with Crippen LogP contribution in [0.15, 0.2) is 36.7 Å². The van der Waals surface area contributed by atoms with Crippen LogP contribution in [0.5, 0.6) is 0 Å². The Hall–Kier alpha value is -3.80. The highest BCUT2D eigenvalue weighted by Gasteiger charge is 2.45. The molecule has 9 heteroatoms. The van der Waals surface area contributed by atoms with Crippen molar-refractivity contribution in [3.05, 3.63) is 42.2 Å². The van der Waals surface area contributed by atoms with Crippen molar-refractivity contribution in [2.75, 3.05) is 23.3 Å². The van der Waals surface area contributed by atoms with E-state index >= 15 is 0 Å². The van der Waals surface area contributed by atoms with Gasteiger partial charge in [-0.2, -0.15) is 5.26 Å². The zero-order valence-corrected chi connectivity index (χ0v) is 16.9. The number of nitriles is 1. The normalized spacial score (nSPS) is 18.0. The third-order valence-corrected chi connectivity index (χ3v) is 5.24. The summed E-state index contributed by atoms with van der Waals surface area (Å²) in [6.07, 6.45) is 3.90. The van der Waals surface area contributed by atoms with Gasteiger partial charge in [0.1, 0.15) is 11.6 Å². The summed E-state index contributed by atoms with van der Waals surface area (Å²) in [7, 11) is 0. The molecule has 0 radical (unpaired) electrons. The van der Waals surface area contributed by atoms with Gasteiger partial charge in [-0.05, 0) is 38.5 Å². The standard InChI is InChI=1S/C21H23N7O2/c1-14(23)21(2)7-11-28(20(21)30)16-6-10-24-18(12-16)27-17-5-4-15(13-26-17)19(29)25-9-3-8-22/h4-6,10,12-13,23H,3,7,9,11H2,1-2H3,(H,25,29)(H,24,26,27)/t21-/m1/s1. The lowest BCUT2D eigenvalue weighted by Gasteiger charge is -2.22. The lowest BCUT2D eigenvalue weighted by Crippen LogP contribution is -2.36. The smallest absolute Gasteiger partial charge is 0.252 e. The summed E-state index contributed by atoms with van der Waals surface area (Å²) < 4.78 is 0. The average molecular weight is 405 g/mol. The first-order valence-corrected chi connectivity index (χ1v) is 9.57. The van der Waals surface area contributed by atoms with Gasteiger partial charge in [-0.1, -0.05) is 0 Å². The molecule has 0 saturated carbocycles. The number of anilines is 3. The number of aromatic nitrogens is 2. The fourth-order valence-electron chi connectivity index (χ4n) is 3.16. The highest BCUT2D eigenvalue weighted by Crippen LogP contribution is 2.36. The SMILES string of the molecule is CC(=N)[C@@]1(C)CCN(c2ccnc(Nc3ccc(C(=O)NCCC#N)cn3)c2)C1=O. The fourth-order valence-corrected chi connectivity index (χ4v) is 3.16. The largest absolute Gasteiger partial charge is 0.351 e. The Balaban J connectivity index is 1.69. The van der Waals surface area contributed by atoms with Crippen LogP contribution in [0.2, 0.25) is 0 Å². The van der Waals surface area contributed by atoms with Crippen LogP contribution in [-0.2, 0) is 4.79 Å². The molecule has 1 saturated heterocycles. The van der Waals surface area contributed by atoms with Crippen LogP contribution < -0.4 is 15.5 Å². The monoisotopic (exact) mass is 405 g/mol. The van der Waals surface area contributed by atoms with Gasteiger partial charge in [0.15, 0.2) is 0 Å². The number of amides is 2. The minimum Gasteiger partial charge on any atom is -0.351 e. The first-order valence-electron chi connectivity index (χ1n) is 9.57. The molecule has 9 nitrogen and oxygen atoms in total. The van der Waals surface area contributed by atoms with E-state index in [0.29, 0.717) is 41.6 Å². The van der Waals surface area contributed by atoms with Crippen molar-refractivity contribution in [2.24, 2.45) is 5.41 Å². The molecule has 1 aliphatic heterocycles. The molecule has 2 aromatic heterocycles. The van der Waals surface area contributed by atoms with E-state index in [4.69, 9.17) is 10.7 Å². The Bertz CT molecular complexity index is 1010. The van der Waals surface area contributed by atoms with E-state index in [2.05, 4.69) is 20.6 Å². The minimum atomic E-state index is -0.762. The molecule has 1 fully saturated rings. The second kappa shape index (κ2) is 8.69. The Labute approximate surface area is 174 Å². The molecule has 0 spiro atoms. The molecule has 154 valence electrons. The van der Waals surface area contributed by atoms with Crippen LogP contribution in [0.25, 0.3) is 0 Å². The van der Waals surface area contributed by atoms with Crippen molar-refractivity contribution in [1.82, 2.24) is 15.3 Å². The summed E-state index contributed by atoms with van der Waals surface area (Å²) in [5.74, 6) is 0.638. The number of hydrogen-bond acceptors (Lipinski definition) is 7. The number of nitrogens with zero attached hydrogens (tertiary/aromatic N) is 4. The maximum atomic E-state index is 12.8. The van der Waals surface area contributed by atoms with Crippen LogP contribution in [0.1, 0.15) is 37.0 Å². The quantitative estimate of drug-likeness (QED) is 0.479. The van der Waals surface area contributed by atoms with Gasteiger partial charge in [-0.15, -0.1) is 0 Å². The molecule has 3 rings (SSSR count). The Kier molecular flexibility index (Phi) is 6.06. The Morgan fingerprint density at radius 3 is 2.77 bits per heavy atom. The molecule has 0 bridgehead atoms. The van der Waals surface area contributed by atoms with E-state index in [1.54, 1.807) is 49.2 Å². The summed E-state index contributed by atoms with van der Waals surface area (Å²) in [6, 6.07) is 8.77. The molecule has 3 heterocycles. The average Bonchev–Trinajstić information content (AvgIpc) is 3.05. The van der Waals surface area contributed by atoms with E-state index in [-0.39, 0.29) is 24.8 Å². The van der Waals surface area contributed by atoms with Gasteiger partial charge in [0.2, 0.25) is 5.91 Å². The van der Waals surface area contributed by atoms with Crippen molar-refractivity contribution < 1.29 is 9.59 Å². The van der Waals surface area contributed by atoms with Crippen molar-refractivity contribution in [1.29, 1.82) is 10.7 Å². The van der Waals surface area contributed by atoms with E-state index in [0.717, 1.165) is 0 Å². The van der Waals surface area contributed by atoms with Gasteiger partial charge in [0.25, 0.3) is 5.91 Å². The summed E-state index contributed by atoms with van der Waals surface area (Å²) in [4.78, 5) is 34.9. The van der Waals surface area contributed by atoms with Gasteiger partial charge in [0.05, 0.1) is 23.5 Å². The van der Waals surface area contributed by atoms with Crippen molar-refractivity contribution in [3.8, 4) is 6.07 Å². The van der Waals surface area contributed by atoms with E-state index in [9.17, 15) is 9.59 Å². The van der Waals surface area contributed by atoms with Crippen molar-refractivity contribution in [3.63, 3.8) is 0 Å². The second-order valence-corrected chi connectivity index (χ2v) is 7.28. The van der Waals surface area contributed by atoms with Crippen LogP contribution >= 0.6 is 0 Å². The predicted octanol–water partition coefficient (Wildman–Crippen LogP) is 2.65. The number of rotatable bonds is 7. The first-order chi connectivity index (χ1) is 14.3. The van der Waals surface area contributed by atoms with Crippen LogP contribution in [0.4, 0.5) is 17.3 Å². The molecule has 0 unspecified atom stereocenters. The van der Waals surface area contributed by atoms with E-state index in [1.807, 2.05) is 6.07 Å². The summed E-state index contributed by atoms with van der Waals surface area (Å²) in [6.45, 7) is 4.31. The third kappa shape index (κ3) is 4.27. The lowest BCUT2D eigenvalue weighted by atomic mass is 9.84. The Morgan fingerprint density at radius 1 is 1.33 bits per heavy atom. The van der Waals surface area contributed by atoms with Gasteiger partial charge < -0.3 is 20.9 Å². The third-order valence-electron chi connectivity index (χ3n) is 5.24. The predicted molar refractivity (Wildman–Crippen MR) is 113 cm³/mol. The topological polar surface area (TPSA) is 135 Å². The number of nitrogens with one attached hydrogen (secondary N) is 3. The lowest BCUT2D eigenvalue weighted by molar-refractivity contribution is -0.122.